The zero-order chi connectivity index (χ0) is 26.5. The number of hydrogen-bond donors (Lipinski definition) is 0. The largest absolute Gasteiger partial charge is 0.461 e. The van der Waals surface area contributed by atoms with Gasteiger partial charge >= 0.3 is 11.7 Å². The fourth-order valence-electron chi connectivity index (χ4n) is 3.55. The van der Waals surface area contributed by atoms with E-state index in [-0.39, 0.29) is 29.2 Å². The second-order valence-electron chi connectivity index (χ2n) is 7.43. The maximum atomic E-state index is 13.8. The summed E-state index contributed by atoms with van der Waals surface area (Å²) in [4.78, 5) is 49.1. The summed E-state index contributed by atoms with van der Waals surface area (Å²) in [7, 11) is 0. The number of hydrogen-bond acceptors (Lipinski definition) is 9. The molecule has 1 heterocycles. The number of nitrogens with zero attached hydrogens (tertiary/aromatic N) is 6. The van der Waals surface area contributed by atoms with Gasteiger partial charge in [-0.05, 0) is 30.3 Å². The monoisotopic (exact) mass is 502 g/mol. The van der Waals surface area contributed by atoms with Gasteiger partial charge in [0.05, 0.1) is 22.5 Å². The van der Waals surface area contributed by atoms with Gasteiger partial charge in [-0.15, -0.1) is 9.89 Å². The van der Waals surface area contributed by atoms with Crippen LogP contribution in [0.15, 0.2) is 78.9 Å². The Bertz CT molecular complexity index is 1490. The SMILES string of the molecule is CCOC(=O)c1nnn(N(C(=O)c2ccccc2)c2ccc([N+](=O)[O-])cc2[N+](=O)[O-])c1-c1ccccc1. The number of benzene rings is 3. The topological polar surface area (TPSA) is 164 Å². The molecule has 1 amide bonds. The number of nitro benzene ring substituents is 2. The average Bonchev–Trinajstić information content (AvgIpc) is 3.34. The fourth-order valence-corrected chi connectivity index (χ4v) is 3.55. The van der Waals surface area contributed by atoms with Gasteiger partial charge < -0.3 is 4.74 Å². The third-order valence-corrected chi connectivity index (χ3v) is 5.17. The summed E-state index contributed by atoms with van der Waals surface area (Å²) in [5.41, 5.74) is -1.28. The van der Waals surface area contributed by atoms with E-state index >= 15 is 0 Å². The van der Waals surface area contributed by atoms with Gasteiger partial charge in [-0.3, -0.25) is 25.0 Å². The summed E-state index contributed by atoms with van der Waals surface area (Å²) in [6.45, 7) is 1.65. The third kappa shape index (κ3) is 4.86. The van der Waals surface area contributed by atoms with Gasteiger partial charge in [0.1, 0.15) is 11.4 Å². The molecule has 4 aromatic rings. The Labute approximate surface area is 208 Å². The zero-order valence-corrected chi connectivity index (χ0v) is 19.3. The summed E-state index contributed by atoms with van der Waals surface area (Å²) < 4.78 is 5.10. The summed E-state index contributed by atoms with van der Waals surface area (Å²) in [6, 6.07) is 19.0. The lowest BCUT2D eigenvalue weighted by Gasteiger charge is -2.23. The molecular formula is C24H18N6O7. The molecule has 0 saturated heterocycles. The van der Waals surface area contributed by atoms with Crippen molar-refractivity contribution >= 4 is 28.9 Å². The second-order valence-corrected chi connectivity index (χ2v) is 7.43. The number of esters is 1. The predicted molar refractivity (Wildman–Crippen MR) is 130 cm³/mol. The lowest BCUT2D eigenvalue weighted by molar-refractivity contribution is -0.393. The molecule has 13 nitrogen and oxygen atoms in total. The Morgan fingerprint density at radius 3 is 2.19 bits per heavy atom. The molecule has 186 valence electrons. The van der Waals surface area contributed by atoms with E-state index in [0.717, 1.165) is 28.0 Å². The lowest BCUT2D eigenvalue weighted by Crippen LogP contribution is -2.38. The van der Waals surface area contributed by atoms with E-state index in [1.807, 2.05) is 0 Å². The van der Waals surface area contributed by atoms with E-state index in [9.17, 15) is 29.8 Å². The van der Waals surface area contributed by atoms with Crippen molar-refractivity contribution in [3.63, 3.8) is 0 Å². The van der Waals surface area contributed by atoms with E-state index in [4.69, 9.17) is 4.74 Å². The molecule has 0 bridgehead atoms. The van der Waals surface area contributed by atoms with Crippen LogP contribution in [-0.2, 0) is 4.74 Å². The standard InChI is InChI=1S/C24H18N6O7/c1-2-37-24(32)21-22(16-9-5-3-6-10-16)28(26-25-21)27(23(31)17-11-7-4-8-12-17)19-14-13-18(29(33)34)15-20(19)30(35)36/h3-15H,2H2,1H3. The molecule has 0 N–H and O–H groups in total. The molecule has 0 aliphatic rings. The Balaban J connectivity index is 2.04. The molecule has 1 aromatic heterocycles. The van der Waals surface area contributed by atoms with Crippen LogP contribution in [0.1, 0.15) is 27.8 Å². The average molecular weight is 502 g/mol. The normalized spacial score (nSPS) is 10.5. The summed E-state index contributed by atoms with van der Waals surface area (Å²) in [6.07, 6.45) is 0. The summed E-state index contributed by atoms with van der Waals surface area (Å²) >= 11 is 0. The maximum Gasteiger partial charge on any atom is 0.361 e. The number of aromatic nitrogens is 3. The van der Waals surface area contributed by atoms with Crippen molar-refractivity contribution in [1.29, 1.82) is 0 Å². The first-order chi connectivity index (χ1) is 17.8. The van der Waals surface area contributed by atoms with Crippen LogP contribution in [0.5, 0.6) is 0 Å². The van der Waals surface area contributed by atoms with Crippen LogP contribution in [0, 0.1) is 20.2 Å². The van der Waals surface area contributed by atoms with Gasteiger partial charge in [0.2, 0.25) is 5.69 Å². The van der Waals surface area contributed by atoms with Crippen LogP contribution in [0.3, 0.4) is 0 Å². The van der Waals surface area contributed by atoms with Crippen molar-refractivity contribution in [2.75, 3.05) is 11.6 Å². The first-order valence-corrected chi connectivity index (χ1v) is 10.8. The van der Waals surface area contributed by atoms with E-state index in [2.05, 4.69) is 10.3 Å². The minimum Gasteiger partial charge on any atom is -0.461 e. The highest BCUT2D eigenvalue weighted by Crippen LogP contribution is 2.35. The number of carbonyl (C=O) groups excluding carboxylic acids is 2. The molecule has 0 fully saturated rings. The van der Waals surface area contributed by atoms with Crippen LogP contribution < -0.4 is 5.01 Å². The molecule has 0 aliphatic carbocycles. The van der Waals surface area contributed by atoms with Crippen LogP contribution >= 0.6 is 0 Å². The fraction of sp³-hybridized carbons (Fsp3) is 0.0833. The third-order valence-electron chi connectivity index (χ3n) is 5.17. The Hall–Kier alpha value is -5.46. The second kappa shape index (κ2) is 10.4. The quantitative estimate of drug-likeness (QED) is 0.196. The summed E-state index contributed by atoms with van der Waals surface area (Å²) in [5.74, 6) is -1.59. The minimum atomic E-state index is -0.848. The number of amides is 1. The van der Waals surface area contributed by atoms with Crippen molar-refractivity contribution in [1.82, 2.24) is 15.1 Å². The smallest absolute Gasteiger partial charge is 0.361 e. The van der Waals surface area contributed by atoms with Crippen molar-refractivity contribution in [3.05, 3.63) is 110 Å². The molecular weight excluding hydrogens is 484 g/mol. The van der Waals surface area contributed by atoms with Gasteiger partial charge in [-0.25, -0.2) is 4.79 Å². The lowest BCUT2D eigenvalue weighted by atomic mass is 10.1. The van der Waals surface area contributed by atoms with Crippen molar-refractivity contribution < 1.29 is 24.2 Å². The molecule has 0 spiro atoms. The van der Waals surface area contributed by atoms with E-state index in [0.29, 0.717) is 5.56 Å². The first kappa shape index (κ1) is 24.7. The molecule has 4 rings (SSSR count). The molecule has 13 heteroatoms. The Morgan fingerprint density at radius 1 is 0.946 bits per heavy atom. The minimum absolute atomic E-state index is 0.0241. The first-order valence-electron chi connectivity index (χ1n) is 10.8. The number of carbonyl (C=O) groups is 2. The van der Waals surface area contributed by atoms with Crippen LogP contribution in [0.25, 0.3) is 11.3 Å². The van der Waals surface area contributed by atoms with Gasteiger partial charge in [0.15, 0.2) is 0 Å². The molecule has 3 aromatic carbocycles. The molecule has 0 radical (unpaired) electrons. The molecule has 0 unspecified atom stereocenters. The highest BCUT2D eigenvalue weighted by Gasteiger charge is 2.34. The number of non-ortho nitro benzene ring substituents is 1. The van der Waals surface area contributed by atoms with Gasteiger partial charge in [0, 0.05) is 17.2 Å². The van der Waals surface area contributed by atoms with Gasteiger partial charge in [-0.2, -0.15) is 5.01 Å². The van der Waals surface area contributed by atoms with Crippen molar-refractivity contribution in [3.8, 4) is 11.3 Å². The van der Waals surface area contributed by atoms with Gasteiger partial charge in [-0.1, -0.05) is 48.5 Å². The zero-order valence-electron chi connectivity index (χ0n) is 19.3. The molecule has 0 aliphatic heterocycles. The van der Waals surface area contributed by atoms with Crippen LogP contribution in [0.4, 0.5) is 17.1 Å². The van der Waals surface area contributed by atoms with Crippen LogP contribution in [0.2, 0.25) is 0 Å². The highest BCUT2D eigenvalue weighted by atomic mass is 16.6. The maximum absolute atomic E-state index is 13.8. The summed E-state index contributed by atoms with van der Waals surface area (Å²) in [5, 5.41) is 32.0. The van der Waals surface area contributed by atoms with E-state index in [1.54, 1.807) is 55.5 Å². The molecule has 0 atom stereocenters. The van der Waals surface area contributed by atoms with Crippen molar-refractivity contribution in [2.24, 2.45) is 0 Å². The highest BCUT2D eigenvalue weighted by molar-refractivity contribution is 6.07. The van der Waals surface area contributed by atoms with E-state index in [1.165, 1.54) is 12.1 Å². The Morgan fingerprint density at radius 2 is 1.59 bits per heavy atom. The van der Waals surface area contributed by atoms with Crippen LogP contribution in [-0.4, -0.2) is 43.4 Å². The number of ether oxygens (including phenoxy) is 1. The number of nitro groups is 2. The molecule has 0 saturated carbocycles. The van der Waals surface area contributed by atoms with E-state index < -0.39 is 33.1 Å². The van der Waals surface area contributed by atoms with Gasteiger partial charge in [0.25, 0.3) is 11.6 Å². The van der Waals surface area contributed by atoms with Crippen molar-refractivity contribution in [2.45, 2.75) is 6.92 Å². The predicted octanol–water partition coefficient (Wildman–Crippen LogP) is 4.05. The Kier molecular flexibility index (Phi) is 6.95. The number of anilines is 1. The molecule has 37 heavy (non-hydrogen) atoms. The number of rotatable bonds is 8.